The molecule has 0 radical (unpaired) electrons. The zero-order valence-corrected chi connectivity index (χ0v) is 17.7. The number of aliphatic hydroxyl groups is 2. The molecule has 9 heteroatoms. The summed E-state index contributed by atoms with van der Waals surface area (Å²) in [5.74, 6) is -1.73. The van der Waals surface area contributed by atoms with E-state index in [9.17, 15) is 32.6 Å². The number of carbonyl (C=O) groups is 1. The van der Waals surface area contributed by atoms with Gasteiger partial charge in [0, 0.05) is 12.5 Å². The lowest BCUT2D eigenvalue weighted by atomic mass is 9.98. The summed E-state index contributed by atoms with van der Waals surface area (Å²) in [5.41, 5.74) is 2.44. The number of carbonyl (C=O) groups excluding carboxylic acids is 1. The maximum absolute atomic E-state index is 13.7. The highest BCUT2D eigenvalue weighted by Gasteiger charge is 2.34. The second kappa shape index (κ2) is 9.44. The molecule has 0 spiro atoms. The second-order valence-corrected chi connectivity index (χ2v) is 7.96. The fourth-order valence-corrected chi connectivity index (χ4v) is 4.12. The molecule has 178 valence electrons. The monoisotopic (exact) mass is 475 g/mol. The van der Waals surface area contributed by atoms with Crippen molar-refractivity contribution >= 4 is 6.09 Å². The van der Waals surface area contributed by atoms with Gasteiger partial charge in [0.15, 0.2) is 0 Å². The Balaban J connectivity index is 1.34. The molecule has 0 fully saturated rings. The van der Waals surface area contributed by atoms with Crippen LogP contribution >= 0.6 is 0 Å². The van der Waals surface area contributed by atoms with Crippen LogP contribution in [-0.4, -0.2) is 35.6 Å². The van der Waals surface area contributed by atoms with Gasteiger partial charge in [0.25, 0.3) is 0 Å². The molecule has 0 heterocycles. The molecule has 1 aliphatic rings. The number of halogens is 4. The van der Waals surface area contributed by atoms with Gasteiger partial charge in [-0.1, -0.05) is 54.6 Å². The minimum Gasteiger partial charge on any atom is -0.449 e. The number of benzene rings is 3. The van der Waals surface area contributed by atoms with Crippen LogP contribution in [0.5, 0.6) is 0 Å². The van der Waals surface area contributed by atoms with Crippen molar-refractivity contribution in [1.29, 1.82) is 0 Å². The van der Waals surface area contributed by atoms with E-state index in [1.165, 1.54) is 0 Å². The average Bonchev–Trinajstić information content (AvgIpc) is 3.13. The smallest absolute Gasteiger partial charge is 0.419 e. The van der Waals surface area contributed by atoms with E-state index in [2.05, 4.69) is 5.32 Å². The Labute approximate surface area is 192 Å². The van der Waals surface area contributed by atoms with Crippen molar-refractivity contribution in [3.05, 3.63) is 94.8 Å². The molecule has 2 unspecified atom stereocenters. The molecule has 0 saturated carbocycles. The van der Waals surface area contributed by atoms with E-state index in [1.54, 1.807) is 0 Å². The Hall–Kier alpha value is -3.43. The quantitative estimate of drug-likeness (QED) is 0.449. The van der Waals surface area contributed by atoms with Gasteiger partial charge in [-0.2, -0.15) is 13.2 Å². The summed E-state index contributed by atoms with van der Waals surface area (Å²) in [6.45, 7) is -0.414. The largest absolute Gasteiger partial charge is 0.449 e. The van der Waals surface area contributed by atoms with Gasteiger partial charge in [-0.15, -0.1) is 0 Å². The van der Waals surface area contributed by atoms with Gasteiger partial charge in [0.05, 0.1) is 5.56 Å². The standard InChI is InChI=1S/C25H21F4NO4/c26-21-11-14(9-10-20(21)25(27,28)29)23(32)22(31)12-30-24(33)34-13-19-17-7-3-1-5-15(17)16-6-2-4-8-18(16)19/h1-11,19,22-23,31-32H,12-13H2,(H,30,33). The van der Waals surface area contributed by atoms with Gasteiger partial charge in [-0.3, -0.25) is 0 Å². The predicted octanol–water partition coefficient (Wildman–Crippen LogP) is 4.78. The number of aliphatic hydroxyl groups excluding tert-OH is 2. The van der Waals surface area contributed by atoms with Crippen LogP contribution in [0.25, 0.3) is 11.1 Å². The first-order chi connectivity index (χ1) is 16.2. The molecule has 1 amide bonds. The number of hydrogen-bond donors (Lipinski definition) is 3. The van der Waals surface area contributed by atoms with E-state index in [4.69, 9.17) is 4.74 Å². The molecule has 0 bridgehead atoms. The Bertz CT molecular complexity index is 1150. The molecule has 0 aromatic heterocycles. The number of alkyl carbamates (subject to hydrolysis) is 1. The summed E-state index contributed by atoms with van der Waals surface area (Å²) in [5, 5.41) is 22.6. The van der Waals surface area contributed by atoms with Gasteiger partial charge in [-0.05, 0) is 39.9 Å². The summed E-state index contributed by atoms with van der Waals surface area (Å²) in [4.78, 5) is 12.2. The molecule has 3 aromatic rings. The molecular weight excluding hydrogens is 454 g/mol. The van der Waals surface area contributed by atoms with Crippen LogP contribution < -0.4 is 5.32 Å². The molecule has 0 saturated heterocycles. The molecule has 2 atom stereocenters. The van der Waals surface area contributed by atoms with Crippen molar-refractivity contribution in [2.45, 2.75) is 24.3 Å². The molecule has 4 rings (SSSR count). The Kier molecular flexibility index (Phi) is 6.58. The van der Waals surface area contributed by atoms with E-state index in [0.29, 0.717) is 12.1 Å². The highest BCUT2D eigenvalue weighted by Crippen LogP contribution is 2.44. The highest BCUT2D eigenvalue weighted by molar-refractivity contribution is 5.79. The fourth-order valence-electron chi connectivity index (χ4n) is 4.12. The van der Waals surface area contributed by atoms with Gasteiger partial charge < -0.3 is 20.3 Å². The third-order valence-electron chi connectivity index (χ3n) is 5.80. The van der Waals surface area contributed by atoms with E-state index in [-0.39, 0.29) is 18.1 Å². The number of ether oxygens (including phenoxy) is 1. The maximum atomic E-state index is 13.7. The number of hydrogen-bond acceptors (Lipinski definition) is 4. The minimum absolute atomic E-state index is 0.0443. The average molecular weight is 475 g/mol. The Morgan fingerprint density at radius 2 is 1.56 bits per heavy atom. The third kappa shape index (κ3) is 4.76. The summed E-state index contributed by atoms with van der Waals surface area (Å²) < 4.78 is 57.1. The molecule has 34 heavy (non-hydrogen) atoms. The molecule has 1 aliphatic carbocycles. The van der Waals surface area contributed by atoms with Crippen LogP contribution in [0.4, 0.5) is 22.4 Å². The summed E-state index contributed by atoms with van der Waals surface area (Å²) in [6, 6.07) is 17.4. The summed E-state index contributed by atoms with van der Waals surface area (Å²) in [6.07, 6.45) is -9.04. The highest BCUT2D eigenvalue weighted by atomic mass is 19.4. The number of amides is 1. The third-order valence-corrected chi connectivity index (χ3v) is 5.80. The van der Waals surface area contributed by atoms with Gasteiger partial charge in [0.1, 0.15) is 24.6 Å². The lowest BCUT2D eigenvalue weighted by Crippen LogP contribution is -2.36. The normalized spacial score (nSPS) is 14.8. The van der Waals surface area contributed by atoms with Crippen LogP contribution in [0.3, 0.4) is 0 Å². The van der Waals surface area contributed by atoms with Gasteiger partial charge in [0.2, 0.25) is 0 Å². The lowest BCUT2D eigenvalue weighted by Gasteiger charge is -2.20. The van der Waals surface area contributed by atoms with E-state index >= 15 is 0 Å². The van der Waals surface area contributed by atoms with Gasteiger partial charge in [-0.25, -0.2) is 9.18 Å². The summed E-state index contributed by atoms with van der Waals surface area (Å²) >= 11 is 0. The molecule has 5 nitrogen and oxygen atoms in total. The maximum Gasteiger partial charge on any atom is 0.419 e. The Morgan fingerprint density at radius 3 is 2.12 bits per heavy atom. The first-order valence-corrected chi connectivity index (χ1v) is 10.5. The van der Waals surface area contributed by atoms with Crippen LogP contribution in [0.2, 0.25) is 0 Å². The first kappa shape index (κ1) is 23.7. The topological polar surface area (TPSA) is 78.8 Å². The van der Waals surface area contributed by atoms with Crippen LogP contribution in [0.15, 0.2) is 66.7 Å². The minimum atomic E-state index is -4.88. The second-order valence-electron chi connectivity index (χ2n) is 7.96. The van der Waals surface area contributed by atoms with Crippen molar-refractivity contribution in [3.63, 3.8) is 0 Å². The van der Waals surface area contributed by atoms with E-state index in [1.807, 2.05) is 48.5 Å². The number of nitrogens with one attached hydrogen (secondary N) is 1. The molecule has 3 aromatic carbocycles. The van der Waals surface area contributed by atoms with Crippen molar-refractivity contribution in [2.24, 2.45) is 0 Å². The number of alkyl halides is 3. The summed E-state index contributed by atoms with van der Waals surface area (Å²) in [7, 11) is 0. The van der Waals surface area contributed by atoms with Gasteiger partial charge >= 0.3 is 12.3 Å². The SMILES string of the molecule is O=C(NCC(O)C(O)c1ccc(C(F)(F)F)c(F)c1)OCC1c2ccccc2-c2ccccc21. The molecule has 3 N–H and O–H groups in total. The van der Waals surface area contributed by atoms with Crippen LogP contribution in [-0.2, 0) is 10.9 Å². The van der Waals surface area contributed by atoms with E-state index in [0.717, 1.165) is 28.3 Å². The molecule has 0 aliphatic heterocycles. The fraction of sp³-hybridized carbons (Fsp3) is 0.240. The van der Waals surface area contributed by atoms with Crippen molar-refractivity contribution in [3.8, 4) is 11.1 Å². The predicted molar refractivity (Wildman–Crippen MR) is 115 cm³/mol. The van der Waals surface area contributed by atoms with E-state index < -0.39 is 42.4 Å². The first-order valence-electron chi connectivity index (χ1n) is 10.5. The van der Waals surface area contributed by atoms with Crippen molar-refractivity contribution in [2.75, 3.05) is 13.2 Å². The number of rotatable bonds is 6. The van der Waals surface area contributed by atoms with Crippen LogP contribution in [0.1, 0.15) is 34.3 Å². The van der Waals surface area contributed by atoms with Crippen molar-refractivity contribution in [1.82, 2.24) is 5.32 Å². The Morgan fingerprint density at radius 1 is 0.971 bits per heavy atom. The van der Waals surface area contributed by atoms with Crippen LogP contribution in [0, 0.1) is 5.82 Å². The zero-order chi connectivity index (χ0) is 24.5. The zero-order valence-electron chi connectivity index (χ0n) is 17.7. The van der Waals surface area contributed by atoms with Crippen molar-refractivity contribution < 1.29 is 37.3 Å². The molecular formula is C25H21F4NO4. The number of fused-ring (bicyclic) bond motifs is 3. The lowest BCUT2D eigenvalue weighted by molar-refractivity contribution is -0.140.